The molecule has 0 saturated heterocycles. The third-order valence-corrected chi connectivity index (χ3v) is 3.48. The normalized spacial score (nSPS) is 15.8. The third-order valence-electron chi connectivity index (χ3n) is 3.48. The number of carbonyl (C=O) groups excluding carboxylic acids is 1. The highest BCUT2D eigenvalue weighted by Gasteiger charge is 2.33. The molecule has 2 N–H and O–H groups in total. The molecule has 0 radical (unpaired) electrons. The first-order valence-electron chi connectivity index (χ1n) is 6.73. The Balaban J connectivity index is 0.00000220. The van der Waals surface area contributed by atoms with Crippen LogP contribution >= 0.6 is 12.4 Å². The lowest BCUT2D eigenvalue weighted by Gasteiger charge is -2.37. The number of hydrogen-bond acceptors (Lipinski definition) is 3. The van der Waals surface area contributed by atoms with Crippen molar-refractivity contribution in [3.05, 3.63) is 29.4 Å². The van der Waals surface area contributed by atoms with Crippen molar-refractivity contribution in [2.24, 2.45) is 5.73 Å². The smallest absolute Gasteiger partial charge is 0.257 e. The second-order valence-corrected chi connectivity index (χ2v) is 6.04. The molecule has 2 rings (SSSR count). The molecule has 1 aliphatic rings. The summed E-state index contributed by atoms with van der Waals surface area (Å²) in [5.74, 6) is -0.0106. The van der Waals surface area contributed by atoms with E-state index in [0.717, 1.165) is 12.1 Å². The summed E-state index contributed by atoms with van der Waals surface area (Å²) in [5.41, 5.74) is 7.07. The predicted molar refractivity (Wildman–Crippen MR) is 82.2 cm³/mol. The standard InChI is InChI=1S/C14H21FN4O.ClH/c1-14(2,3)19-5-4-12-11(13(19)20)9-18(17-12)8-10(6-15)7-16;/h6,9H,4-5,7-8,16H2,1-3H3;1H. The van der Waals surface area contributed by atoms with Gasteiger partial charge in [0.05, 0.1) is 24.1 Å². The van der Waals surface area contributed by atoms with Gasteiger partial charge in [0.15, 0.2) is 0 Å². The fourth-order valence-corrected chi connectivity index (χ4v) is 2.36. The highest BCUT2D eigenvalue weighted by atomic mass is 35.5. The molecule has 0 unspecified atom stereocenters. The average molecular weight is 317 g/mol. The lowest BCUT2D eigenvalue weighted by atomic mass is 9.99. The van der Waals surface area contributed by atoms with E-state index in [2.05, 4.69) is 5.10 Å². The van der Waals surface area contributed by atoms with Gasteiger partial charge < -0.3 is 10.6 Å². The lowest BCUT2D eigenvalue weighted by molar-refractivity contribution is 0.0561. The van der Waals surface area contributed by atoms with Crippen molar-refractivity contribution in [2.75, 3.05) is 13.1 Å². The number of halogens is 2. The Morgan fingerprint density at radius 3 is 2.71 bits per heavy atom. The summed E-state index contributed by atoms with van der Waals surface area (Å²) in [5, 5.41) is 4.36. The first-order valence-corrected chi connectivity index (χ1v) is 6.73. The van der Waals surface area contributed by atoms with Crippen molar-refractivity contribution in [3.8, 4) is 0 Å². The van der Waals surface area contributed by atoms with E-state index >= 15 is 0 Å². The number of carbonyl (C=O) groups is 1. The summed E-state index contributed by atoms with van der Waals surface area (Å²) in [6.07, 6.45) is 2.92. The molecule has 7 heteroatoms. The maximum atomic E-state index is 12.6. The summed E-state index contributed by atoms with van der Waals surface area (Å²) in [7, 11) is 0. The van der Waals surface area contributed by atoms with Gasteiger partial charge in [-0.2, -0.15) is 5.10 Å². The molecule has 1 aromatic heterocycles. The van der Waals surface area contributed by atoms with Crippen molar-refractivity contribution >= 4 is 18.3 Å². The van der Waals surface area contributed by atoms with E-state index in [1.807, 2.05) is 25.7 Å². The first-order chi connectivity index (χ1) is 9.36. The van der Waals surface area contributed by atoms with E-state index in [9.17, 15) is 9.18 Å². The minimum Gasteiger partial charge on any atom is -0.333 e. The monoisotopic (exact) mass is 316 g/mol. The van der Waals surface area contributed by atoms with E-state index in [4.69, 9.17) is 5.73 Å². The van der Waals surface area contributed by atoms with Gasteiger partial charge in [-0.3, -0.25) is 9.48 Å². The van der Waals surface area contributed by atoms with Crippen LogP contribution in [-0.4, -0.2) is 39.2 Å². The molecule has 0 saturated carbocycles. The van der Waals surface area contributed by atoms with Gasteiger partial charge >= 0.3 is 0 Å². The van der Waals surface area contributed by atoms with Crippen LogP contribution in [0, 0.1) is 0 Å². The fraction of sp³-hybridized carbons (Fsp3) is 0.571. The van der Waals surface area contributed by atoms with Crippen LogP contribution in [0.5, 0.6) is 0 Å². The number of hydrogen-bond donors (Lipinski definition) is 1. The summed E-state index contributed by atoms with van der Waals surface area (Å²) >= 11 is 0. The van der Waals surface area contributed by atoms with Crippen LogP contribution < -0.4 is 5.73 Å². The van der Waals surface area contributed by atoms with Crippen LogP contribution in [-0.2, 0) is 13.0 Å². The number of fused-ring (bicyclic) bond motifs is 1. The van der Waals surface area contributed by atoms with Crippen LogP contribution in [0.3, 0.4) is 0 Å². The Bertz CT molecular complexity index is 548. The predicted octanol–water partition coefficient (Wildman–Crippen LogP) is 1.91. The molecule has 5 nitrogen and oxygen atoms in total. The van der Waals surface area contributed by atoms with Crippen molar-refractivity contribution < 1.29 is 9.18 Å². The molecule has 1 aromatic rings. The molecule has 2 heterocycles. The minimum atomic E-state index is -0.210. The molecule has 118 valence electrons. The van der Waals surface area contributed by atoms with Gasteiger partial charge in [-0.25, -0.2) is 4.39 Å². The molecule has 0 bridgehead atoms. The largest absolute Gasteiger partial charge is 0.333 e. The summed E-state index contributed by atoms with van der Waals surface area (Å²) in [6, 6.07) is 0. The highest BCUT2D eigenvalue weighted by molar-refractivity contribution is 5.96. The second kappa shape index (κ2) is 6.58. The third kappa shape index (κ3) is 3.63. The van der Waals surface area contributed by atoms with Crippen molar-refractivity contribution in [3.63, 3.8) is 0 Å². The maximum absolute atomic E-state index is 12.6. The summed E-state index contributed by atoms with van der Waals surface area (Å²) in [4.78, 5) is 14.3. The summed E-state index contributed by atoms with van der Waals surface area (Å²) < 4.78 is 14.2. The molecule has 21 heavy (non-hydrogen) atoms. The lowest BCUT2D eigenvalue weighted by Crippen LogP contribution is -2.49. The molecule has 0 aromatic carbocycles. The van der Waals surface area contributed by atoms with E-state index in [1.165, 1.54) is 0 Å². The van der Waals surface area contributed by atoms with E-state index < -0.39 is 0 Å². The molecule has 1 amide bonds. The van der Waals surface area contributed by atoms with Crippen LogP contribution in [0.2, 0.25) is 0 Å². The number of nitrogens with zero attached hydrogens (tertiary/aromatic N) is 3. The van der Waals surface area contributed by atoms with Gasteiger partial charge in [-0.1, -0.05) is 0 Å². The molecule has 0 atom stereocenters. The van der Waals surface area contributed by atoms with Crippen molar-refractivity contribution in [1.29, 1.82) is 0 Å². The van der Waals surface area contributed by atoms with Crippen LogP contribution in [0.15, 0.2) is 18.1 Å². The SMILES string of the molecule is CC(C)(C)N1CCc2nn(CC(=CF)CN)cc2C1=O.Cl. The van der Waals surface area contributed by atoms with Gasteiger partial charge in [0, 0.05) is 31.2 Å². The van der Waals surface area contributed by atoms with Gasteiger partial charge in [0.2, 0.25) is 0 Å². The number of rotatable bonds is 3. The highest BCUT2D eigenvalue weighted by Crippen LogP contribution is 2.24. The van der Waals surface area contributed by atoms with Crippen LogP contribution in [0.25, 0.3) is 0 Å². The first kappa shape index (κ1) is 17.7. The Kier molecular flexibility index (Phi) is 5.53. The molecule has 1 aliphatic heterocycles. The molecule has 0 aliphatic carbocycles. The summed E-state index contributed by atoms with van der Waals surface area (Å²) in [6.45, 7) is 7.12. The zero-order valence-corrected chi connectivity index (χ0v) is 13.4. The maximum Gasteiger partial charge on any atom is 0.257 e. The van der Waals surface area contributed by atoms with Gasteiger partial charge in [0.1, 0.15) is 0 Å². The zero-order chi connectivity index (χ0) is 14.9. The molecular formula is C14H22ClFN4O. The average Bonchev–Trinajstić information content (AvgIpc) is 2.78. The van der Waals surface area contributed by atoms with E-state index in [1.54, 1.807) is 10.9 Å². The molecular weight excluding hydrogens is 295 g/mol. The van der Waals surface area contributed by atoms with Gasteiger partial charge in [-0.15, -0.1) is 12.4 Å². The van der Waals surface area contributed by atoms with Crippen molar-refractivity contribution in [2.45, 2.75) is 39.3 Å². The van der Waals surface area contributed by atoms with Crippen molar-refractivity contribution in [1.82, 2.24) is 14.7 Å². The number of aromatic nitrogens is 2. The Hall–Kier alpha value is -1.40. The second-order valence-electron chi connectivity index (χ2n) is 6.04. The van der Waals surface area contributed by atoms with E-state index in [-0.39, 0.29) is 36.9 Å². The molecule has 0 fully saturated rings. The van der Waals surface area contributed by atoms with Crippen LogP contribution in [0.1, 0.15) is 36.8 Å². The van der Waals surface area contributed by atoms with Gasteiger partial charge in [-0.05, 0) is 26.3 Å². The number of amides is 1. The van der Waals surface area contributed by atoms with Crippen LogP contribution in [0.4, 0.5) is 4.39 Å². The Morgan fingerprint density at radius 2 is 2.19 bits per heavy atom. The Labute approximate surface area is 130 Å². The minimum absolute atomic E-state index is 0. The molecule has 0 spiro atoms. The topological polar surface area (TPSA) is 64.2 Å². The number of nitrogens with two attached hydrogens (primary N) is 1. The fourth-order valence-electron chi connectivity index (χ4n) is 2.36. The quantitative estimate of drug-likeness (QED) is 0.926. The zero-order valence-electron chi connectivity index (χ0n) is 12.6. The van der Waals surface area contributed by atoms with E-state index in [0.29, 0.717) is 24.0 Å². The van der Waals surface area contributed by atoms with Gasteiger partial charge in [0.25, 0.3) is 5.91 Å². The Morgan fingerprint density at radius 1 is 1.52 bits per heavy atom.